The minimum absolute atomic E-state index is 0.0951. The number of anilines is 1. The number of nitrogens with zero attached hydrogens (tertiary/aromatic N) is 1. The van der Waals surface area contributed by atoms with Crippen LogP contribution in [-0.4, -0.2) is 37.5 Å². The first-order valence-electron chi connectivity index (χ1n) is 9.17. The highest BCUT2D eigenvalue weighted by atomic mass is 32.2. The topological polar surface area (TPSA) is 98.7 Å². The lowest BCUT2D eigenvalue weighted by Gasteiger charge is -2.17. The van der Waals surface area contributed by atoms with Gasteiger partial charge >= 0.3 is 6.03 Å². The summed E-state index contributed by atoms with van der Waals surface area (Å²) in [6.07, 6.45) is 1.72. The molecular formula is C20H27N3O4S. The van der Waals surface area contributed by atoms with Crippen LogP contribution in [-0.2, 0) is 23.2 Å². The second kappa shape index (κ2) is 10.2. The molecule has 0 saturated heterocycles. The van der Waals surface area contributed by atoms with Crippen LogP contribution >= 0.6 is 0 Å². The van der Waals surface area contributed by atoms with Crippen LogP contribution in [0.15, 0.2) is 53.4 Å². The van der Waals surface area contributed by atoms with Gasteiger partial charge in [0.2, 0.25) is 10.0 Å². The first-order valence-corrected chi connectivity index (χ1v) is 10.6. The number of aliphatic hydroxyl groups excluding tert-OH is 1. The quantitative estimate of drug-likeness (QED) is 0.597. The maximum atomic E-state index is 12.5. The monoisotopic (exact) mass is 405 g/mol. The highest BCUT2D eigenvalue weighted by molar-refractivity contribution is 7.89. The Kier molecular flexibility index (Phi) is 7.98. The lowest BCUT2D eigenvalue weighted by Crippen LogP contribution is -2.29. The van der Waals surface area contributed by atoms with Gasteiger partial charge in [0, 0.05) is 25.8 Å². The van der Waals surface area contributed by atoms with E-state index in [9.17, 15) is 18.3 Å². The number of hydrogen-bond donors (Lipinski definition) is 3. The van der Waals surface area contributed by atoms with Gasteiger partial charge in [-0.1, -0.05) is 37.6 Å². The molecule has 0 heterocycles. The number of nitrogens with one attached hydrogen (secondary N) is 2. The fourth-order valence-electron chi connectivity index (χ4n) is 2.63. The number of carbonyl (C=O) groups excluding carboxylic acids is 1. The van der Waals surface area contributed by atoms with Gasteiger partial charge in [0.05, 0.1) is 11.5 Å². The number of rotatable bonds is 9. The Labute approximate surface area is 166 Å². The fraction of sp³-hybridized carbons (Fsp3) is 0.350. The summed E-state index contributed by atoms with van der Waals surface area (Å²) < 4.78 is 26.3. The van der Waals surface area contributed by atoms with Crippen molar-refractivity contribution in [2.45, 2.75) is 37.8 Å². The molecule has 0 spiro atoms. The second-order valence-corrected chi connectivity index (χ2v) is 8.48. The molecule has 0 fully saturated rings. The normalized spacial score (nSPS) is 11.4. The van der Waals surface area contributed by atoms with E-state index in [1.54, 1.807) is 25.2 Å². The molecule has 2 aromatic rings. The highest BCUT2D eigenvalue weighted by Crippen LogP contribution is 2.18. The standard InChI is InChI=1S/C20H27N3O4S/c1-3-4-13-23(2)28(26,27)19-11-9-18(10-12-19)22-20(25)21-14-16-7-5-6-8-17(16)15-24/h5-12,24H,3-4,13-15H2,1-2H3,(H2,21,22,25). The minimum atomic E-state index is -3.53. The Hall–Kier alpha value is -2.42. The zero-order valence-electron chi connectivity index (χ0n) is 16.2. The van der Waals surface area contributed by atoms with Gasteiger partial charge in [-0.3, -0.25) is 0 Å². The van der Waals surface area contributed by atoms with Crippen LogP contribution in [0.5, 0.6) is 0 Å². The Morgan fingerprint density at radius 2 is 1.71 bits per heavy atom. The summed E-state index contributed by atoms with van der Waals surface area (Å²) in [5.41, 5.74) is 2.07. The molecule has 0 saturated carbocycles. The van der Waals surface area contributed by atoms with Crippen LogP contribution in [0, 0.1) is 0 Å². The number of unbranched alkanes of at least 4 members (excludes halogenated alkanes) is 1. The first-order chi connectivity index (χ1) is 13.4. The predicted octanol–water partition coefficient (Wildman–Crippen LogP) is 2.92. The Bertz CT molecular complexity index is 883. The number of urea groups is 1. The molecule has 2 aromatic carbocycles. The van der Waals surface area contributed by atoms with Crippen LogP contribution in [0.4, 0.5) is 10.5 Å². The van der Waals surface area contributed by atoms with E-state index in [0.717, 1.165) is 24.0 Å². The van der Waals surface area contributed by atoms with Crippen LogP contribution in [0.25, 0.3) is 0 Å². The maximum absolute atomic E-state index is 12.5. The van der Waals surface area contributed by atoms with Gasteiger partial charge in [-0.25, -0.2) is 17.5 Å². The van der Waals surface area contributed by atoms with Gasteiger partial charge in [-0.05, 0) is 41.8 Å². The largest absolute Gasteiger partial charge is 0.392 e. The molecule has 8 heteroatoms. The van der Waals surface area contributed by atoms with E-state index >= 15 is 0 Å². The van der Waals surface area contributed by atoms with Crippen molar-refractivity contribution < 1.29 is 18.3 Å². The first kappa shape index (κ1) is 21.9. The van der Waals surface area contributed by atoms with Crippen molar-refractivity contribution in [3.8, 4) is 0 Å². The summed E-state index contributed by atoms with van der Waals surface area (Å²) in [6.45, 7) is 2.66. The molecule has 0 aliphatic heterocycles. The van der Waals surface area contributed by atoms with Gasteiger partial charge in [0.1, 0.15) is 0 Å². The molecule has 0 atom stereocenters. The zero-order valence-corrected chi connectivity index (χ0v) is 17.0. The maximum Gasteiger partial charge on any atom is 0.319 e. The van der Waals surface area contributed by atoms with Gasteiger partial charge in [0.25, 0.3) is 0 Å². The molecule has 0 bridgehead atoms. The number of hydrogen-bond acceptors (Lipinski definition) is 4. The second-order valence-electron chi connectivity index (χ2n) is 6.44. The van der Waals surface area contributed by atoms with Crippen LogP contribution in [0.2, 0.25) is 0 Å². The van der Waals surface area contributed by atoms with E-state index in [4.69, 9.17) is 0 Å². The Morgan fingerprint density at radius 1 is 1.07 bits per heavy atom. The van der Waals surface area contributed by atoms with Crippen molar-refractivity contribution in [1.29, 1.82) is 0 Å². The van der Waals surface area contributed by atoms with Gasteiger partial charge in [0.15, 0.2) is 0 Å². The van der Waals surface area contributed by atoms with Gasteiger partial charge in [-0.15, -0.1) is 0 Å². The van der Waals surface area contributed by atoms with E-state index in [1.165, 1.54) is 16.4 Å². The fourth-order valence-corrected chi connectivity index (χ4v) is 3.84. The SMILES string of the molecule is CCCCN(C)S(=O)(=O)c1ccc(NC(=O)NCc2ccccc2CO)cc1. The number of sulfonamides is 1. The van der Waals surface area contributed by atoms with E-state index in [0.29, 0.717) is 12.2 Å². The summed E-state index contributed by atoms with van der Waals surface area (Å²) in [5.74, 6) is 0. The molecule has 2 rings (SSSR count). The molecule has 0 aromatic heterocycles. The Morgan fingerprint density at radius 3 is 2.32 bits per heavy atom. The summed E-state index contributed by atoms with van der Waals surface area (Å²) >= 11 is 0. The summed E-state index contributed by atoms with van der Waals surface area (Å²) in [5, 5.41) is 14.7. The van der Waals surface area contributed by atoms with Crippen molar-refractivity contribution >= 4 is 21.7 Å². The van der Waals surface area contributed by atoms with Crippen molar-refractivity contribution in [3.05, 3.63) is 59.7 Å². The van der Waals surface area contributed by atoms with Crippen molar-refractivity contribution in [2.24, 2.45) is 0 Å². The Balaban J connectivity index is 1.95. The predicted molar refractivity (Wildman–Crippen MR) is 109 cm³/mol. The zero-order chi connectivity index (χ0) is 20.6. The molecule has 152 valence electrons. The smallest absolute Gasteiger partial charge is 0.319 e. The van der Waals surface area contributed by atoms with E-state index < -0.39 is 16.1 Å². The molecule has 2 amide bonds. The average Bonchev–Trinajstić information content (AvgIpc) is 2.71. The molecule has 7 nitrogen and oxygen atoms in total. The lowest BCUT2D eigenvalue weighted by molar-refractivity contribution is 0.251. The molecule has 0 aliphatic carbocycles. The van der Waals surface area contributed by atoms with Crippen molar-refractivity contribution in [1.82, 2.24) is 9.62 Å². The van der Waals surface area contributed by atoms with Gasteiger partial charge < -0.3 is 15.7 Å². The molecule has 0 radical (unpaired) electrons. The highest BCUT2D eigenvalue weighted by Gasteiger charge is 2.20. The average molecular weight is 406 g/mol. The van der Waals surface area contributed by atoms with Crippen LogP contribution in [0.1, 0.15) is 30.9 Å². The number of amides is 2. The third-order valence-corrected chi connectivity index (χ3v) is 6.25. The summed E-state index contributed by atoms with van der Waals surface area (Å²) in [4.78, 5) is 12.3. The lowest BCUT2D eigenvalue weighted by atomic mass is 10.1. The van der Waals surface area contributed by atoms with Gasteiger partial charge in [-0.2, -0.15) is 0 Å². The number of benzene rings is 2. The van der Waals surface area contributed by atoms with Crippen LogP contribution in [0.3, 0.4) is 0 Å². The van der Waals surface area contributed by atoms with E-state index in [1.807, 2.05) is 25.1 Å². The molecule has 0 unspecified atom stereocenters. The van der Waals surface area contributed by atoms with Crippen molar-refractivity contribution in [3.63, 3.8) is 0 Å². The summed E-state index contributed by atoms with van der Waals surface area (Å²) in [7, 11) is -1.96. The summed E-state index contributed by atoms with van der Waals surface area (Å²) in [6, 6.07) is 13.0. The third-order valence-electron chi connectivity index (χ3n) is 4.38. The van der Waals surface area contributed by atoms with Crippen molar-refractivity contribution in [2.75, 3.05) is 18.9 Å². The third kappa shape index (κ3) is 5.79. The number of aliphatic hydroxyl groups is 1. The minimum Gasteiger partial charge on any atom is -0.392 e. The molecular weight excluding hydrogens is 378 g/mol. The number of carbonyl (C=O) groups is 1. The van der Waals surface area contributed by atoms with E-state index in [-0.39, 0.29) is 18.0 Å². The molecule has 28 heavy (non-hydrogen) atoms. The molecule has 0 aliphatic rings. The van der Waals surface area contributed by atoms with Crippen LogP contribution < -0.4 is 10.6 Å². The molecule has 3 N–H and O–H groups in total. The van der Waals surface area contributed by atoms with E-state index in [2.05, 4.69) is 10.6 Å².